The van der Waals surface area contributed by atoms with Gasteiger partial charge >= 0.3 is 0 Å². The molecule has 2 aliphatic carbocycles. The van der Waals surface area contributed by atoms with Crippen molar-refractivity contribution in [1.29, 1.82) is 0 Å². The first-order valence-corrected chi connectivity index (χ1v) is 6.71. The van der Waals surface area contributed by atoms with Gasteiger partial charge in [0.2, 0.25) is 5.91 Å². The number of carbonyl (C=O) groups excluding carboxylic acids is 1. The van der Waals surface area contributed by atoms with E-state index in [-0.39, 0.29) is 11.3 Å². The van der Waals surface area contributed by atoms with E-state index >= 15 is 0 Å². The number of amides is 1. The van der Waals surface area contributed by atoms with Crippen molar-refractivity contribution in [2.24, 2.45) is 17.3 Å². The van der Waals surface area contributed by atoms with Gasteiger partial charge in [-0.25, -0.2) is 0 Å². The van der Waals surface area contributed by atoms with Crippen LogP contribution in [-0.4, -0.2) is 5.91 Å². The van der Waals surface area contributed by atoms with E-state index in [1.54, 1.807) is 12.1 Å². The lowest BCUT2D eigenvalue weighted by molar-refractivity contribution is -0.126. The Morgan fingerprint density at radius 2 is 2.06 bits per heavy atom. The van der Waals surface area contributed by atoms with Crippen molar-refractivity contribution >= 4 is 23.2 Å². The summed E-state index contributed by atoms with van der Waals surface area (Å²) < 4.78 is 0. The Balaban J connectivity index is 1.76. The van der Waals surface area contributed by atoms with Crippen LogP contribution in [0.15, 0.2) is 36.4 Å². The smallest absolute Gasteiger partial charge is 0.230 e. The van der Waals surface area contributed by atoms with Gasteiger partial charge < -0.3 is 5.32 Å². The van der Waals surface area contributed by atoms with E-state index < -0.39 is 0 Å². The molecule has 2 aliphatic rings. The highest BCUT2D eigenvalue weighted by Crippen LogP contribution is 2.52. The fourth-order valence-electron chi connectivity index (χ4n) is 3.16. The minimum absolute atomic E-state index is 0.127. The summed E-state index contributed by atoms with van der Waals surface area (Å²) >= 11 is 5.83. The highest BCUT2D eigenvalue weighted by Gasteiger charge is 2.49. The van der Waals surface area contributed by atoms with Crippen molar-refractivity contribution in [3.8, 4) is 0 Å². The third-order valence-electron chi connectivity index (χ3n) is 4.30. The second-order valence-electron chi connectivity index (χ2n) is 5.57. The summed E-state index contributed by atoms with van der Waals surface area (Å²) in [6.45, 7) is 2.08. The number of benzene rings is 1. The second kappa shape index (κ2) is 4.13. The van der Waals surface area contributed by atoms with E-state index in [1.807, 2.05) is 12.1 Å². The number of rotatable bonds is 2. The summed E-state index contributed by atoms with van der Waals surface area (Å²) in [7, 11) is 0. The van der Waals surface area contributed by atoms with E-state index in [1.165, 1.54) is 0 Å². The predicted octanol–water partition coefficient (Wildman–Crippen LogP) is 3.88. The molecule has 3 rings (SSSR count). The van der Waals surface area contributed by atoms with Gasteiger partial charge in [-0.15, -0.1) is 0 Å². The average Bonchev–Trinajstić information content (AvgIpc) is 2.92. The van der Waals surface area contributed by atoms with E-state index in [0.29, 0.717) is 16.9 Å². The molecule has 0 aromatic heterocycles. The molecule has 0 unspecified atom stereocenters. The predicted molar refractivity (Wildman–Crippen MR) is 73.5 cm³/mol. The molecule has 3 heteroatoms. The number of halogens is 1. The summed E-state index contributed by atoms with van der Waals surface area (Å²) in [5, 5.41) is 3.69. The van der Waals surface area contributed by atoms with Crippen molar-refractivity contribution in [3.05, 3.63) is 41.4 Å². The molecule has 1 aromatic carbocycles. The Hall–Kier alpha value is -1.28. The molecule has 0 aliphatic heterocycles. The highest BCUT2D eigenvalue weighted by molar-refractivity contribution is 6.30. The molecule has 2 bridgehead atoms. The summed E-state index contributed by atoms with van der Waals surface area (Å²) in [4.78, 5) is 12.4. The van der Waals surface area contributed by atoms with Gasteiger partial charge in [0.25, 0.3) is 0 Å². The number of fused-ring (bicyclic) bond motifs is 2. The first kappa shape index (κ1) is 11.8. The molecular formula is C15H16ClNO. The van der Waals surface area contributed by atoms with Crippen molar-refractivity contribution in [2.75, 3.05) is 5.32 Å². The Bertz CT molecular complexity index is 508. The number of hydrogen-bond donors (Lipinski definition) is 1. The van der Waals surface area contributed by atoms with Gasteiger partial charge in [0, 0.05) is 10.7 Å². The molecule has 18 heavy (non-hydrogen) atoms. The fourth-order valence-corrected chi connectivity index (χ4v) is 3.29. The van der Waals surface area contributed by atoms with Crippen LogP contribution >= 0.6 is 11.6 Å². The number of hydrogen-bond acceptors (Lipinski definition) is 1. The first-order valence-electron chi connectivity index (χ1n) is 6.33. The van der Waals surface area contributed by atoms with Crippen molar-refractivity contribution in [3.63, 3.8) is 0 Å². The molecule has 0 radical (unpaired) electrons. The first-order chi connectivity index (χ1) is 8.58. The van der Waals surface area contributed by atoms with Crippen molar-refractivity contribution in [2.45, 2.75) is 19.8 Å². The van der Waals surface area contributed by atoms with Crippen LogP contribution in [0.3, 0.4) is 0 Å². The van der Waals surface area contributed by atoms with Crippen LogP contribution in [0.1, 0.15) is 19.8 Å². The molecular weight excluding hydrogens is 246 g/mol. The molecule has 94 valence electrons. The summed E-state index contributed by atoms with van der Waals surface area (Å²) in [5.41, 5.74) is 0.566. The highest BCUT2D eigenvalue weighted by atomic mass is 35.5. The molecule has 1 amide bonds. The Kier molecular flexibility index (Phi) is 2.70. The van der Waals surface area contributed by atoms with Crippen LogP contribution < -0.4 is 5.32 Å². The monoisotopic (exact) mass is 261 g/mol. The van der Waals surface area contributed by atoms with Gasteiger partial charge in [-0.05, 0) is 48.9 Å². The maximum absolute atomic E-state index is 12.4. The van der Waals surface area contributed by atoms with Gasteiger partial charge in [0.15, 0.2) is 0 Å². The van der Waals surface area contributed by atoms with Crippen molar-refractivity contribution < 1.29 is 4.79 Å². The minimum atomic E-state index is -0.251. The lowest BCUT2D eigenvalue weighted by Crippen LogP contribution is -2.36. The lowest BCUT2D eigenvalue weighted by atomic mass is 9.77. The van der Waals surface area contributed by atoms with Crippen LogP contribution in [-0.2, 0) is 4.79 Å². The molecule has 0 saturated heterocycles. The maximum atomic E-state index is 12.4. The Morgan fingerprint density at radius 1 is 1.33 bits per heavy atom. The normalized spacial score (nSPS) is 32.8. The summed E-state index contributed by atoms with van der Waals surface area (Å²) in [5.74, 6) is 1.12. The van der Waals surface area contributed by atoms with Crippen LogP contribution in [0.25, 0.3) is 0 Å². The van der Waals surface area contributed by atoms with E-state index in [4.69, 9.17) is 11.6 Å². The zero-order chi connectivity index (χ0) is 12.8. The van der Waals surface area contributed by atoms with E-state index in [2.05, 4.69) is 24.4 Å². The quantitative estimate of drug-likeness (QED) is 0.805. The van der Waals surface area contributed by atoms with Crippen LogP contribution in [0.2, 0.25) is 5.02 Å². The molecule has 3 atom stereocenters. The second-order valence-corrected chi connectivity index (χ2v) is 6.01. The molecule has 0 heterocycles. The molecule has 1 aromatic rings. The molecule has 1 N–H and O–H groups in total. The van der Waals surface area contributed by atoms with E-state index in [9.17, 15) is 4.79 Å². The minimum Gasteiger partial charge on any atom is -0.326 e. The SMILES string of the molecule is C[C@@]1(C(=O)Nc2ccc(Cl)cc2)C[C@H]2C=C[C@H]1C2. The number of carbonyl (C=O) groups is 1. The van der Waals surface area contributed by atoms with Crippen LogP contribution in [0, 0.1) is 17.3 Å². The average molecular weight is 262 g/mol. The maximum Gasteiger partial charge on any atom is 0.230 e. The van der Waals surface area contributed by atoms with Gasteiger partial charge in [0.1, 0.15) is 0 Å². The van der Waals surface area contributed by atoms with Crippen LogP contribution in [0.4, 0.5) is 5.69 Å². The summed E-state index contributed by atoms with van der Waals surface area (Å²) in [6, 6.07) is 7.26. The number of anilines is 1. The topological polar surface area (TPSA) is 29.1 Å². The van der Waals surface area contributed by atoms with E-state index in [0.717, 1.165) is 18.5 Å². The lowest BCUT2D eigenvalue weighted by Gasteiger charge is -2.29. The fraction of sp³-hybridized carbons (Fsp3) is 0.400. The van der Waals surface area contributed by atoms with Crippen molar-refractivity contribution in [1.82, 2.24) is 0 Å². The third-order valence-corrected chi connectivity index (χ3v) is 4.55. The zero-order valence-corrected chi connectivity index (χ0v) is 11.1. The van der Waals surface area contributed by atoms with Gasteiger partial charge in [-0.2, -0.15) is 0 Å². The third kappa shape index (κ3) is 1.85. The molecule has 2 nitrogen and oxygen atoms in total. The Labute approximate surface area is 112 Å². The number of allylic oxidation sites excluding steroid dienone is 2. The standard InChI is InChI=1S/C15H16ClNO/c1-15(9-10-2-3-11(15)8-10)14(18)17-13-6-4-12(16)5-7-13/h2-7,10-11H,8-9H2,1H3,(H,17,18)/t10-,11-,15+/m0/s1. The number of nitrogens with one attached hydrogen (secondary N) is 1. The molecule has 1 saturated carbocycles. The van der Waals surface area contributed by atoms with Gasteiger partial charge in [-0.1, -0.05) is 30.7 Å². The molecule has 0 spiro atoms. The van der Waals surface area contributed by atoms with Gasteiger partial charge in [0.05, 0.1) is 5.41 Å². The van der Waals surface area contributed by atoms with Gasteiger partial charge in [-0.3, -0.25) is 4.79 Å². The molecule has 1 fully saturated rings. The van der Waals surface area contributed by atoms with Crippen LogP contribution in [0.5, 0.6) is 0 Å². The zero-order valence-electron chi connectivity index (χ0n) is 10.3. The largest absolute Gasteiger partial charge is 0.326 e. The Morgan fingerprint density at radius 3 is 2.61 bits per heavy atom. The summed E-state index contributed by atoms with van der Waals surface area (Å²) in [6.07, 6.45) is 6.55.